The highest BCUT2D eigenvalue weighted by molar-refractivity contribution is 14.1. The Labute approximate surface area is 122 Å². The van der Waals surface area contributed by atoms with Crippen LogP contribution in [-0.4, -0.2) is 30.9 Å². The molecule has 0 aromatic heterocycles. The molecule has 0 spiro atoms. The molecule has 0 aliphatic carbocycles. The third kappa shape index (κ3) is 4.11. The van der Waals surface area contributed by atoms with E-state index in [0.717, 1.165) is 3.57 Å². The second-order valence-electron chi connectivity index (χ2n) is 3.06. The highest BCUT2D eigenvalue weighted by Gasteiger charge is 2.14. The van der Waals surface area contributed by atoms with Crippen molar-refractivity contribution in [2.45, 2.75) is 6.92 Å². The van der Waals surface area contributed by atoms with E-state index in [1.807, 2.05) is 0 Å². The monoisotopic (exact) mass is 414 g/mol. The molecule has 1 rings (SSSR count). The molecule has 0 aliphatic rings. The molecular formula is C11H12BrIO4. The zero-order chi connectivity index (χ0) is 12.8. The Morgan fingerprint density at radius 1 is 1.53 bits per heavy atom. The third-order valence-electron chi connectivity index (χ3n) is 1.87. The Balaban J connectivity index is 2.96. The van der Waals surface area contributed by atoms with Crippen LogP contribution in [0.25, 0.3) is 0 Å². The normalized spacial score (nSPS) is 10.1. The maximum Gasteiger partial charge on any atom is 0.339 e. The number of carbonyl (C=O) groups is 1. The summed E-state index contributed by atoms with van der Waals surface area (Å²) in [4.78, 5) is 11.6. The molecule has 0 unspecified atom stereocenters. The minimum absolute atomic E-state index is 0.0483. The minimum Gasteiger partial charge on any atom is -0.490 e. The first-order chi connectivity index (χ1) is 8.10. The Morgan fingerprint density at radius 3 is 2.82 bits per heavy atom. The molecule has 0 fully saturated rings. The largest absolute Gasteiger partial charge is 0.490 e. The zero-order valence-electron chi connectivity index (χ0n) is 9.20. The molecule has 6 heteroatoms. The van der Waals surface area contributed by atoms with Crippen LogP contribution < -0.4 is 4.74 Å². The Morgan fingerprint density at radius 2 is 2.24 bits per heavy atom. The molecule has 17 heavy (non-hydrogen) atoms. The van der Waals surface area contributed by atoms with Gasteiger partial charge in [-0.25, -0.2) is 4.79 Å². The SMILES string of the molecule is CCOC(=O)c1cc(I)c(OCCO)cc1Br. The van der Waals surface area contributed by atoms with Gasteiger partial charge in [0.2, 0.25) is 0 Å². The quantitative estimate of drug-likeness (QED) is 0.594. The molecule has 1 aromatic rings. The van der Waals surface area contributed by atoms with Crippen molar-refractivity contribution in [3.8, 4) is 5.75 Å². The second kappa shape index (κ2) is 7.17. The van der Waals surface area contributed by atoms with Gasteiger partial charge in [0.05, 0.1) is 22.3 Å². The summed E-state index contributed by atoms with van der Waals surface area (Å²) >= 11 is 5.37. The van der Waals surface area contributed by atoms with E-state index in [1.165, 1.54) is 0 Å². The molecule has 0 saturated heterocycles. The lowest BCUT2D eigenvalue weighted by Crippen LogP contribution is -2.08. The van der Waals surface area contributed by atoms with Gasteiger partial charge in [0.15, 0.2) is 0 Å². The molecule has 1 aromatic carbocycles. The molecule has 0 saturated carbocycles. The molecule has 1 N–H and O–H groups in total. The fraction of sp³-hybridized carbons (Fsp3) is 0.364. The first-order valence-corrected chi connectivity index (χ1v) is 6.87. The predicted molar refractivity (Wildman–Crippen MR) is 75.4 cm³/mol. The van der Waals surface area contributed by atoms with Gasteiger partial charge < -0.3 is 14.6 Å². The molecule has 0 radical (unpaired) electrons. The van der Waals surface area contributed by atoms with Crippen molar-refractivity contribution in [1.29, 1.82) is 0 Å². The number of ether oxygens (including phenoxy) is 2. The summed E-state index contributed by atoms with van der Waals surface area (Å²) < 4.78 is 11.7. The topological polar surface area (TPSA) is 55.8 Å². The van der Waals surface area contributed by atoms with E-state index in [1.54, 1.807) is 19.1 Å². The van der Waals surface area contributed by atoms with E-state index in [4.69, 9.17) is 14.6 Å². The lowest BCUT2D eigenvalue weighted by Gasteiger charge is -2.10. The zero-order valence-corrected chi connectivity index (χ0v) is 12.9. The van der Waals surface area contributed by atoms with Gasteiger partial charge in [0.25, 0.3) is 0 Å². The number of hydrogen-bond donors (Lipinski definition) is 1. The molecule has 4 nitrogen and oxygen atoms in total. The summed E-state index contributed by atoms with van der Waals surface area (Å²) in [6.07, 6.45) is 0. The molecular weight excluding hydrogens is 403 g/mol. The maximum absolute atomic E-state index is 11.6. The van der Waals surface area contributed by atoms with Crippen LogP contribution in [0.5, 0.6) is 5.75 Å². The van der Waals surface area contributed by atoms with Crippen LogP contribution in [-0.2, 0) is 4.74 Å². The maximum atomic E-state index is 11.6. The molecule has 94 valence electrons. The summed E-state index contributed by atoms with van der Waals surface area (Å²) in [5.74, 6) is 0.255. The van der Waals surface area contributed by atoms with Crippen LogP contribution in [0.15, 0.2) is 16.6 Å². The highest BCUT2D eigenvalue weighted by Crippen LogP contribution is 2.29. The van der Waals surface area contributed by atoms with Crippen molar-refractivity contribution in [2.75, 3.05) is 19.8 Å². The van der Waals surface area contributed by atoms with E-state index in [9.17, 15) is 4.79 Å². The smallest absolute Gasteiger partial charge is 0.339 e. The predicted octanol–water partition coefficient (Wildman–Crippen LogP) is 2.60. The van der Waals surface area contributed by atoms with Crippen LogP contribution in [0.3, 0.4) is 0 Å². The van der Waals surface area contributed by atoms with Gasteiger partial charge in [-0.05, 0) is 57.6 Å². The van der Waals surface area contributed by atoms with E-state index < -0.39 is 0 Å². The summed E-state index contributed by atoms with van der Waals surface area (Å²) in [5, 5.41) is 8.69. The highest BCUT2D eigenvalue weighted by atomic mass is 127. The van der Waals surface area contributed by atoms with Gasteiger partial charge in [-0.3, -0.25) is 0 Å². The molecule has 0 amide bonds. The van der Waals surface area contributed by atoms with E-state index >= 15 is 0 Å². The fourth-order valence-electron chi connectivity index (χ4n) is 1.16. The first-order valence-electron chi connectivity index (χ1n) is 5.00. The number of carbonyl (C=O) groups excluding carboxylic acids is 1. The van der Waals surface area contributed by atoms with E-state index in [-0.39, 0.29) is 19.2 Å². The van der Waals surface area contributed by atoms with Crippen molar-refractivity contribution in [3.63, 3.8) is 0 Å². The lowest BCUT2D eigenvalue weighted by atomic mass is 10.2. The molecule has 0 bridgehead atoms. The van der Waals surface area contributed by atoms with E-state index in [0.29, 0.717) is 22.4 Å². The van der Waals surface area contributed by atoms with Crippen molar-refractivity contribution < 1.29 is 19.4 Å². The number of hydrogen-bond acceptors (Lipinski definition) is 4. The van der Waals surface area contributed by atoms with Crippen molar-refractivity contribution in [1.82, 2.24) is 0 Å². The average molecular weight is 415 g/mol. The van der Waals surface area contributed by atoms with Gasteiger partial charge in [-0.15, -0.1) is 0 Å². The number of aliphatic hydroxyl groups is 1. The van der Waals surface area contributed by atoms with Crippen LogP contribution in [0.4, 0.5) is 0 Å². The van der Waals surface area contributed by atoms with Gasteiger partial charge >= 0.3 is 5.97 Å². The summed E-state index contributed by atoms with van der Waals surface area (Å²) in [6, 6.07) is 3.39. The third-order valence-corrected chi connectivity index (χ3v) is 3.36. The number of esters is 1. The van der Waals surface area contributed by atoms with Crippen LogP contribution >= 0.6 is 38.5 Å². The Kier molecular flexibility index (Phi) is 6.21. The van der Waals surface area contributed by atoms with Crippen molar-refractivity contribution >= 4 is 44.5 Å². The van der Waals surface area contributed by atoms with Gasteiger partial charge in [-0.2, -0.15) is 0 Å². The fourth-order valence-corrected chi connectivity index (χ4v) is 2.27. The summed E-state index contributed by atoms with van der Waals surface area (Å²) in [7, 11) is 0. The lowest BCUT2D eigenvalue weighted by molar-refractivity contribution is 0.0525. The van der Waals surface area contributed by atoms with Crippen LogP contribution in [0.1, 0.15) is 17.3 Å². The van der Waals surface area contributed by atoms with Gasteiger partial charge in [0, 0.05) is 4.47 Å². The van der Waals surface area contributed by atoms with E-state index in [2.05, 4.69) is 38.5 Å². The Bertz CT molecular complexity index is 409. The van der Waals surface area contributed by atoms with Crippen LogP contribution in [0, 0.1) is 3.57 Å². The summed E-state index contributed by atoms with van der Waals surface area (Å²) in [6.45, 7) is 2.27. The van der Waals surface area contributed by atoms with Crippen molar-refractivity contribution in [3.05, 3.63) is 25.7 Å². The number of aliphatic hydroxyl groups excluding tert-OH is 1. The average Bonchev–Trinajstić information content (AvgIpc) is 2.30. The second-order valence-corrected chi connectivity index (χ2v) is 5.07. The number of rotatable bonds is 5. The standard InChI is InChI=1S/C11H12BrIO4/c1-2-16-11(15)7-5-9(13)10(6-8(7)12)17-4-3-14/h5-6,14H,2-4H2,1H3. The van der Waals surface area contributed by atoms with Gasteiger partial charge in [0.1, 0.15) is 12.4 Å². The van der Waals surface area contributed by atoms with Crippen LogP contribution in [0.2, 0.25) is 0 Å². The first kappa shape index (κ1) is 14.7. The molecule has 0 atom stereocenters. The molecule has 0 heterocycles. The minimum atomic E-state index is -0.369. The van der Waals surface area contributed by atoms with Crippen molar-refractivity contribution in [2.24, 2.45) is 0 Å². The Hall–Kier alpha value is -0.340. The van der Waals surface area contributed by atoms with Gasteiger partial charge in [-0.1, -0.05) is 0 Å². The number of halogens is 2. The number of benzene rings is 1. The molecule has 0 aliphatic heterocycles. The summed E-state index contributed by atoms with van der Waals surface area (Å²) in [5.41, 5.74) is 0.465.